The minimum absolute atomic E-state index is 0.114. The van der Waals surface area contributed by atoms with Crippen molar-refractivity contribution >= 4 is 16.0 Å². The van der Waals surface area contributed by atoms with Gasteiger partial charge in [-0.15, -0.1) is 0 Å². The number of benzene rings is 2. The highest BCUT2D eigenvalue weighted by Crippen LogP contribution is 2.40. The average molecular weight is 460 g/mol. The van der Waals surface area contributed by atoms with Gasteiger partial charge in [0.15, 0.2) is 0 Å². The lowest BCUT2D eigenvalue weighted by Gasteiger charge is -2.39. The predicted octanol–water partition coefficient (Wildman–Crippen LogP) is 4.18. The number of nitrogens with one attached hydrogen (secondary N) is 2. The predicted molar refractivity (Wildman–Crippen MR) is 123 cm³/mol. The lowest BCUT2D eigenvalue weighted by Crippen LogP contribution is -2.53. The van der Waals surface area contributed by atoms with E-state index in [0.717, 1.165) is 31.5 Å². The Balaban J connectivity index is 1.62. The molecular formula is C24H30FN3O3S. The first kappa shape index (κ1) is 22.7. The van der Waals surface area contributed by atoms with Gasteiger partial charge in [-0.2, -0.15) is 0 Å². The molecule has 172 valence electrons. The zero-order chi connectivity index (χ0) is 22.9. The summed E-state index contributed by atoms with van der Waals surface area (Å²) in [5, 5.41) is 2.46. The Morgan fingerprint density at radius 1 is 1.09 bits per heavy atom. The number of nitrogens with zero attached hydrogens (tertiary/aromatic N) is 1. The van der Waals surface area contributed by atoms with Crippen LogP contribution in [0.3, 0.4) is 0 Å². The molecule has 0 aromatic heterocycles. The van der Waals surface area contributed by atoms with Crippen LogP contribution < -0.4 is 10.0 Å². The van der Waals surface area contributed by atoms with E-state index in [1.807, 2.05) is 18.2 Å². The Morgan fingerprint density at radius 2 is 1.78 bits per heavy atom. The fourth-order valence-electron chi connectivity index (χ4n) is 4.70. The number of hydrogen-bond donors (Lipinski definition) is 2. The van der Waals surface area contributed by atoms with Crippen LogP contribution >= 0.6 is 0 Å². The van der Waals surface area contributed by atoms with E-state index >= 15 is 0 Å². The lowest BCUT2D eigenvalue weighted by molar-refractivity contribution is 0.0761. The first-order valence-electron chi connectivity index (χ1n) is 11.0. The molecule has 6 nitrogen and oxygen atoms in total. The van der Waals surface area contributed by atoms with Gasteiger partial charge in [-0.1, -0.05) is 42.5 Å². The molecule has 0 radical (unpaired) electrons. The zero-order valence-electron chi connectivity index (χ0n) is 18.6. The molecule has 2 saturated heterocycles. The standard InChI is InChI=1S/C24H30FN3O3S/c1-16(20-9-4-5-10-21(20)25)27-23-28-32(29,30)22(24(2,3)31-23)19-8-6-7-18(15-19)17-11-13-26-14-12-17/h4-10,15-17,22,26H,11-14H2,1-3H3,(H,27,28)/t16-,22?/m0/s1. The van der Waals surface area contributed by atoms with Gasteiger partial charge < -0.3 is 10.1 Å². The van der Waals surface area contributed by atoms with Crippen molar-refractivity contribution in [1.29, 1.82) is 0 Å². The molecule has 2 aliphatic rings. The van der Waals surface area contributed by atoms with Crippen LogP contribution in [-0.4, -0.2) is 33.1 Å². The van der Waals surface area contributed by atoms with Crippen molar-refractivity contribution in [2.75, 3.05) is 13.1 Å². The van der Waals surface area contributed by atoms with Gasteiger partial charge in [-0.25, -0.2) is 22.5 Å². The maximum absolute atomic E-state index is 14.1. The van der Waals surface area contributed by atoms with Crippen molar-refractivity contribution in [2.24, 2.45) is 4.99 Å². The highest BCUT2D eigenvalue weighted by atomic mass is 32.2. The molecule has 2 atom stereocenters. The molecule has 0 saturated carbocycles. The number of amidine groups is 1. The van der Waals surface area contributed by atoms with E-state index in [-0.39, 0.29) is 6.02 Å². The second kappa shape index (κ2) is 8.83. The van der Waals surface area contributed by atoms with Crippen LogP contribution in [0.1, 0.15) is 67.5 Å². The van der Waals surface area contributed by atoms with Crippen LogP contribution in [0, 0.1) is 5.82 Å². The Hall–Kier alpha value is -2.45. The van der Waals surface area contributed by atoms with Crippen LogP contribution in [0.5, 0.6) is 0 Å². The molecule has 2 fully saturated rings. The van der Waals surface area contributed by atoms with Gasteiger partial charge in [0.2, 0.25) is 10.0 Å². The minimum atomic E-state index is -3.83. The summed E-state index contributed by atoms with van der Waals surface area (Å²) < 4.78 is 49.3. The van der Waals surface area contributed by atoms with Crippen molar-refractivity contribution in [3.8, 4) is 0 Å². The number of sulfonamides is 1. The van der Waals surface area contributed by atoms with Gasteiger partial charge in [0.25, 0.3) is 6.02 Å². The molecule has 0 aliphatic carbocycles. The zero-order valence-corrected chi connectivity index (χ0v) is 19.5. The maximum Gasteiger partial charge on any atom is 0.299 e. The topological polar surface area (TPSA) is 79.8 Å². The fourth-order valence-corrected chi connectivity index (χ4v) is 6.46. The molecule has 0 bridgehead atoms. The summed E-state index contributed by atoms with van der Waals surface area (Å²) in [5.74, 6) is 0.0214. The summed E-state index contributed by atoms with van der Waals surface area (Å²) in [5.41, 5.74) is 1.16. The molecule has 2 aliphatic heterocycles. The quantitative estimate of drug-likeness (QED) is 0.719. The van der Waals surface area contributed by atoms with E-state index in [2.05, 4.69) is 21.1 Å². The number of hydrogen-bond acceptors (Lipinski definition) is 5. The molecule has 8 heteroatoms. The van der Waals surface area contributed by atoms with E-state index in [0.29, 0.717) is 17.0 Å². The number of halogens is 1. The number of aliphatic imine (C=N–C) groups is 1. The van der Waals surface area contributed by atoms with Crippen molar-refractivity contribution in [1.82, 2.24) is 10.0 Å². The Bertz CT molecular complexity index is 1110. The van der Waals surface area contributed by atoms with Crippen LogP contribution in [0.4, 0.5) is 4.39 Å². The Labute approximate surface area is 189 Å². The average Bonchev–Trinajstić information content (AvgIpc) is 2.73. The Morgan fingerprint density at radius 3 is 2.47 bits per heavy atom. The van der Waals surface area contributed by atoms with E-state index in [9.17, 15) is 12.8 Å². The minimum Gasteiger partial charge on any atom is -0.457 e. The van der Waals surface area contributed by atoms with Gasteiger partial charge in [-0.3, -0.25) is 0 Å². The first-order valence-corrected chi connectivity index (χ1v) is 12.6. The molecular weight excluding hydrogens is 429 g/mol. The molecule has 2 aromatic carbocycles. The summed E-state index contributed by atoms with van der Waals surface area (Å²) in [6, 6.07) is 13.4. The molecule has 4 rings (SSSR count). The lowest BCUT2D eigenvalue weighted by atomic mass is 9.87. The van der Waals surface area contributed by atoms with Crippen molar-refractivity contribution in [3.05, 3.63) is 71.0 Å². The van der Waals surface area contributed by atoms with Crippen LogP contribution in [-0.2, 0) is 14.8 Å². The van der Waals surface area contributed by atoms with Crippen molar-refractivity contribution in [2.45, 2.75) is 56.4 Å². The van der Waals surface area contributed by atoms with Crippen LogP contribution in [0.25, 0.3) is 0 Å². The summed E-state index contributed by atoms with van der Waals surface area (Å²) in [7, 11) is -3.83. The summed E-state index contributed by atoms with van der Waals surface area (Å²) in [4.78, 5) is 4.33. The second-order valence-corrected chi connectivity index (χ2v) is 10.8. The first-order chi connectivity index (χ1) is 15.2. The third kappa shape index (κ3) is 4.66. The van der Waals surface area contributed by atoms with E-state index in [1.54, 1.807) is 39.0 Å². The van der Waals surface area contributed by atoms with Gasteiger partial charge in [-0.05, 0) is 69.8 Å². The van der Waals surface area contributed by atoms with Crippen molar-refractivity contribution < 1.29 is 17.5 Å². The molecule has 2 N–H and O–H groups in total. The van der Waals surface area contributed by atoms with E-state index in [1.165, 1.54) is 6.07 Å². The van der Waals surface area contributed by atoms with Crippen LogP contribution in [0.15, 0.2) is 53.5 Å². The smallest absolute Gasteiger partial charge is 0.299 e. The normalized spacial score (nSPS) is 25.0. The van der Waals surface area contributed by atoms with E-state index < -0.39 is 32.7 Å². The summed E-state index contributed by atoms with van der Waals surface area (Å²) in [6.07, 6.45) is 2.06. The highest BCUT2D eigenvalue weighted by Gasteiger charge is 2.48. The van der Waals surface area contributed by atoms with E-state index in [4.69, 9.17) is 4.74 Å². The third-order valence-electron chi connectivity index (χ3n) is 6.22. The van der Waals surface area contributed by atoms with Gasteiger partial charge >= 0.3 is 0 Å². The second-order valence-electron chi connectivity index (χ2n) is 9.06. The fraction of sp³-hybridized carbons (Fsp3) is 0.458. The monoisotopic (exact) mass is 459 g/mol. The largest absolute Gasteiger partial charge is 0.457 e. The molecule has 2 aromatic rings. The SMILES string of the molecule is C[C@H](N=C1NS(=O)(=O)C(c2cccc(C3CCNCC3)c2)C(C)(C)O1)c1ccccc1F. The van der Waals surface area contributed by atoms with Gasteiger partial charge in [0, 0.05) is 5.56 Å². The number of piperidine rings is 1. The number of rotatable bonds is 4. The van der Waals surface area contributed by atoms with Crippen molar-refractivity contribution in [3.63, 3.8) is 0 Å². The molecule has 0 spiro atoms. The summed E-state index contributed by atoms with van der Waals surface area (Å²) >= 11 is 0. The third-order valence-corrected chi connectivity index (χ3v) is 8.14. The summed E-state index contributed by atoms with van der Waals surface area (Å²) in [6.45, 7) is 7.12. The highest BCUT2D eigenvalue weighted by molar-refractivity contribution is 7.90. The molecule has 1 unspecified atom stereocenters. The van der Waals surface area contributed by atoms with Gasteiger partial charge in [0.05, 0.1) is 6.04 Å². The number of ether oxygens (including phenoxy) is 1. The molecule has 0 amide bonds. The van der Waals surface area contributed by atoms with Crippen LogP contribution in [0.2, 0.25) is 0 Å². The van der Waals surface area contributed by atoms with Gasteiger partial charge in [0.1, 0.15) is 16.7 Å². The Kier molecular flexibility index (Phi) is 6.27. The molecule has 32 heavy (non-hydrogen) atoms. The molecule has 2 heterocycles. The maximum atomic E-state index is 14.1.